The lowest BCUT2D eigenvalue weighted by Crippen LogP contribution is -2.49. The van der Waals surface area contributed by atoms with Crippen LogP contribution in [-0.4, -0.2) is 73.7 Å². The van der Waals surface area contributed by atoms with Gasteiger partial charge in [-0.05, 0) is 111 Å². The molecular weight excluding hydrogens is 670 g/mol. The van der Waals surface area contributed by atoms with E-state index in [0.29, 0.717) is 31.3 Å². The number of carbonyl (C=O) groups excluding carboxylic acids is 3. The fourth-order valence-corrected chi connectivity index (χ4v) is 7.15. The highest BCUT2D eigenvalue weighted by Gasteiger charge is 2.26. The van der Waals surface area contributed by atoms with Gasteiger partial charge in [0.25, 0.3) is 11.7 Å². The molecule has 2 aromatic carbocycles. The minimum absolute atomic E-state index is 0.0321. The van der Waals surface area contributed by atoms with Gasteiger partial charge in [0.15, 0.2) is 0 Å². The van der Waals surface area contributed by atoms with Crippen LogP contribution in [0.4, 0.5) is 10.5 Å². The van der Waals surface area contributed by atoms with Gasteiger partial charge in [0.2, 0.25) is 11.8 Å². The molecule has 4 amide bonds. The number of amides is 4. The third-order valence-electron chi connectivity index (χ3n) is 10.3. The van der Waals surface area contributed by atoms with Crippen LogP contribution in [-0.2, 0) is 23.2 Å². The number of carbonyl (C=O) groups is 3. The molecule has 2 N–H and O–H groups in total. The molecule has 2 aliphatic rings. The van der Waals surface area contributed by atoms with Crippen LogP contribution < -0.4 is 15.5 Å². The Morgan fingerprint density at radius 3 is 2.53 bits per heavy atom. The Bertz CT molecular complexity index is 2110. The molecule has 13 nitrogen and oxygen atoms in total. The molecule has 2 saturated heterocycles. The monoisotopic (exact) mass is 717 g/mol. The van der Waals surface area contributed by atoms with Gasteiger partial charge in [-0.25, -0.2) is 14.3 Å². The minimum Gasteiger partial charge on any atom is -0.345 e. The smallest absolute Gasteiger partial charge is 0.328 e. The van der Waals surface area contributed by atoms with E-state index in [1.807, 2.05) is 56.5 Å². The second kappa shape index (κ2) is 15.3. The first-order chi connectivity index (χ1) is 25.5. The lowest BCUT2D eigenvalue weighted by molar-refractivity contribution is -0.120. The SMILES string of the molecule is Cc1cc(-c2ncnn3cc(CCCCN4CCC(c5ccc(N6CCC(=O)NC6=O)cc5)CC4)cc23)ccc1CNC(=O)c1noc(C(C)(C)C)n1. The standard InChI is InChI=1S/C40H47N9O4/c1-26-21-30(8-9-31(26)23-41-37(51)36-45-38(53-46-36)40(2,3)4)35-33-22-27(24-49(33)43-25-42-35)7-5-6-17-47-18-14-29(15-19-47)28-10-12-32(13-11-28)48-20-16-34(50)44-39(48)52/h8-13,21-22,24-25,29H,5-7,14-20,23H2,1-4H3,(H,41,51)(H,44,50,52). The van der Waals surface area contributed by atoms with Gasteiger partial charge >= 0.3 is 6.03 Å². The zero-order valence-electron chi connectivity index (χ0n) is 30.9. The molecule has 0 spiro atoms. The molecule has 5 heterocycles. The predicted octanol–water partition coefficient (Wildman–Crippen LogP) is 5.96. The van der Waals surface area contributed by atoms with E-state index in [1.54, 1.807) is 11.2 Å². The Labute approximate surface area is 309 Å². The van der Waals surface area contributed by atoms with Crippen molar-refractivity contribution in [2.75, 3.05) is 31.1 Å². The van der Waals surface area contributed by atoms with Gasteiger partial charge in [-0.1, -0.05) is 50.2 Å². The number of anilines is 1. The molecule has 0 aliphatic carbocycles. The molecule has 53 heavy (non-hydrogen) atoms. The fraction of sp³-hybridized carbons (Fsp3) is 0.425. The maximum absolute atomic E-state index is 12.7. The summed E-state index contributed by atoms with van der Waals surface area (Å²) in [4.78, 5) is 49.4. The Morgan fingerprint density at radius 1 is 1.02 bits per heavy atom. The third kappa shape index (κ3) is 8.30. The molecule has 7 rings (SSSR count). The number of urea groups is 1. The zero-order valence-corrected chi connectivity index (χ0v) is 30.9. The van der Waals surface area contributed by atoms with Gasteiger partial charge in [0, 0.05) is 42.4 Å². The molecule has 0 unspecified atom stereocenters. The maximum Gasteiger partial charge on any atom is 0.328 e. The van der Waals surface area contributed by atoms with Gasteiger partial charge < -0.3 is 14.7 Å². The van der Waals surface area contributed by atoms with E-state index >= 15 is 0 Å². The number of imide groups is 1. The molecule has 0 bridgehead atoms. The van der Waals surface area contributed by atoms with Crippen LogP contribution in [0.3, 0.4) is 0 Å². The summed E-state index contributed by atoms with van der Waals surface area (Å²) >= 11 is 0. The number of piperidine rings is 1. The lowest BCUT2D eigenvalue weighted by Gasteiger charge is -2.32. The number of nitrogens with one attached hydrogen (secondary N) is 2. The normalized spacial score (nSPS) is 16.0. The van der Waals surface area contributed by atoms with Crippen LogP contribution in [0, 0.1) is 6.92 Å². The fourth-order valence-electron chi connectivity index (χ4n) is 7.15. The second-order valence-electron chi connectivity index (χ2n) is 15.2. The number of benzene rings is 2. The first-order valence-corrected chi connectivity index (χ1v) is 18.5. The summed E-state index contributed by atoms with van der Waals surface area (Å²) in [6.07, 6.45) is 9.48. The Balaban J connectivity index is 0.878. The van der Waals surface area contributed by atoms with Crippen LogP contribution in [0.25, 0.3) is 16.8 Å². The molecule has 0 atom stereocenters. The number of aryl methyl sites for hydroxylation is 2. The molecule has 2 fully saturated rings. The third-order valence-corrected chi connectivity index (χ3v) is 10.3. The van der Waals surface area contributed by atoms with E-state index in [9.17, 15) is 14.4 Å². The van der Waals surface area contributed by atoms with E-state index in [0.717, 1.165) is 85.3 Å². The first-order valence-electron chi connectivity index (χ1n) is 18.5. The van der Waals surface area contributed by atoms with Crippen molar-refractivity contribution in [1.29, 1.82) is 0 Å². The molecule has 2 aliphatic heterocycles. The van der Waals surface area contributed by atoms with Crippen LogP contribution in [0.5, 0.6) is 0 Å². The number of likely N-dealkylation sites (tertiary alicyclic amines) is 1. The van der Waals surface area contributed by atoms with Crippen LogP contribution >= 0.6 is 0 Å². The van der Waals surface area contributed by atoms with Gasteiger partial charge in [0.1, 0.15) is 6.33 Å². The Morgan fingerprint density at radius 2 is 1.81 bits per heavy atom. The predicted molar refractivity (Wildman–Crippen MR) is 201 cm³/mol. The summed E-state index contributed by atoms with van der Waals surface area (Å²) < 4.78 is 7.18. The van der Waals surface area contributed by atoms with Gasteiger partial charge in [-0.15, -0.1) is 0 Å². The molecule has 13 heteroatoms. The summed E-state index contributed by atoms with van der Waals surface area (Å²) in [5.74, 6) is 0.388. The van der Waals surface area contributed by atoms with Crippen LogP contribution in [0.15, 0.2) is 65.6 Å². The molecule has 0 radical (unpaired) electrons. The topological polar surface area (TPSA) is 151 Å². The highest BCUT2D eigenvalue weighted by atomic mass is 16.5. The number of hydrogen-bond acceptors (Lipinski definition) is 9. The van der Waals surface area contributed by atoms with Gasteiger partial charge in [0.05, 0.1) is 11.2 Å². The average molecular weight is 718 g/mol. The lowest BCUT2D eigenvalue weighted by atomic mass is 9.89. The maximum atomic E-state index is 12.7. The molecule has 5 aromatic rings. The summed E-state index contributed by atoms with van der Waals surface area (Å²) in [7, 11) is 0. The quantitative estimate of drug-likeness (QED) is 0.158. The van der Waals surface area contributed by atoms with Crippen molar-refractivity contribution in [3.05, 3.63) is 95.0 Å². The number of unbranched alkanes of at least 4 members (excludes halogenated alkanes) is 1. The highest BCUT2D eigenvalue weighted by molar-refractivity contribution is 6.05. The first kappa shape index (κ1) is 36.0. The molecule has 3 aromatic heterocycles. The zero-order chi connectivity index (χ0) is 37.1. The molecule has 0 saturated carbocycles. The summed E-state index contributed by atoms with van der Waals surface area (Å²) in [6, 6.07) is 16.3. The Kier molecular flexibility index (Phi) is 10.4. The molecule has 276 valence electrons. The largest absolute Gasteiger partial charge is 0.345 e. The van der Waals surface area contributed by atoms with Crippen molar-refractivity contribution in [2.24, 2.45) is 0 Å². The minimum atomic E-state index is -0.373. The average Bonchev–Trinajstić information content (AvgIpc) is 3.82. The van der Waals surface area contributed by atoms with E-state index in [-0.39, 0.29) is 29.1 Å². The molecular formula is C40H47N9O4. The number of rotatable bonds is 11. The van der Waals surface area contributed by atoms with Crippen molar-refractivity contribution < 1.29 is 18.9 Å². The van der Waals surface area contributed by atoms with E-state index in [2.05, 4.69) is 66.2 Å². The van der Waals surface area contributed by atoms with Gasteiger partial charge in [-0.3, -0.25) is 19.8 Å². The van der Waals surface area contributed by atoms with E-state index < -0.39 is 0 Å². The Hall–Kier alpha value is -5.43. The number of nitrogens with zero attached hydrogens (tertiary/aromatic N) is 7. The van der Waals surface area contributed by atoms with Crippen LogP contribution in [0.1, 0.15) is 97.6 Å². The van der Waals surface area contributed by atoms with Crippen molar-refractivity contribution in [2.45, 2.75) is 84.1 Å². The van der Waals surface area contributed by atoms with E-state index in [4.69, 9.17) is 4.52 Å². The summed E-state index contributed by atoms with van der Waals surface area (Å²) in [5, 5.41) is 13.6. The number of aromatic nitrogens is 5. The van der Waals surface area contributed by atoms with Crippen LogP contribution in [0.2, 0.25) is 0 Å². The second-order valence-corrected chi connectivity index (χ2v) is 15.2. The number of fused-ring (bicyclic) bond motifs is 1. The summed E-state index contributed by atoms with van der Waals surface area (Å²) in [5.41, 5.74) is 7.93. The van der Waals surface area contributed by atoms with Crippen molar-refractivity contribution in [1.82, 2.24) is 40.3 Å². The summed E-state index contributed by atoms with van der Waals surface area (Å²) in [6.45, 7) is 11.9. The van der Waals surface area contributed by atoms with E-state index in [1.165, 1.54) is 11.1 Å². The van der Waals surface area contributed by atoms with Crippen molar-refractivity contribution in [3.63, 3.8) is 0 Å². The number of hydrogen-bond donors (Lipinski definition) is 2. The van der Waals surface area contributed by atoms with Gasteiger partial charge in [-0.2, -0.15) is 10.1 Å². The van der Waals surface area contributed by atoms with Crippen molar-refractivity contribution >= 4 is 29.0 Å². The van der Waals surface area contributed by atoms with Crippen molar-refractivity contribution in [3.8, 4) is 11.3 Å². The highest BCUT2D eigenvalue weighted by Crippen LogP contribution is 2.31.